The fraction of sp³-hybridized carbons (Fsp3) is 0.607. The standard InChI is InChI=1S/C28H38O6/c1-18(2)7-13-23-27(5,34-23)26-25(30-6)22(15-16-28(26)17-31-28)33-24(29)14-10-20-8-11-21(12-9-20)32-19(3)4/h7-12,14,19,22-23,25-26H,13,15-17H2,1-6H3/b14-10+/t22-,23?,25-,26?,27?,28+/m1/s1. The van der Waals surface area contributed by atoms with E-state index in [-0.39, 0.29) is 47.5 Å². The van der Waals surface area contributed by atoms with Crippen LogP contribution in [0.25, 0.3) is 6.08 Å². The van der Waals surface area contributed by atoms with Crippen molar-refractivity contribution < 1.29 is 28.5 Å². The molecular weight excluding hydrogens is 432 g/mol. The minimum Gasteiger partial charge on any atom is -0.491 e. The summed E-state index contributed by atoms with van der Waals surface area (Å²) in [5.74, 6) is 0.453. The van der Waals surface area contributed by atoms with Crippen LogP contribution in [0, 0.1) is 5.92 Å². The summed E-state index contributed by atoms with van der Waals surface area (Å²) < 4.78 is 29.7. The fourth-order valence-corrected chi connectivity index (χ4v) is 5.35. The predicted octanol–water partition coefficient (Wildman–Crippen LogP) is 5.11. The van der Waals surface area contributed by atoms with E-state index in [9.17, 15) is 4.79 Å². The number of hydrogen-bond acceptors (Lipinski definition) is 6. The van der Waals surface area contributed by atoms with Crippen LogP contribution in [0.5, 0.6) is 5.75 Å². The van der Waals surface area contributed by atoms with E-state index in [1.54, 1.807) is 13.2 Å². The predicted molar refractivity (Wildman–Crippen MR) is 131 cm³/mol. The fourth-order valence-electron chi connectivity index (χ4n) is 5.35. The van der Waals surface area contributed by atoms with Gasteiger partial charge in [0.25, 0.3) is 0 Å². The van der Waals surface area contributed by atoms with Crippen molar-refractivity contribution in [3.8, 4) is 5.75 Å². The number of allylic oxidation sites excluding steroid dienone is 1. The summed E-state index contributed by atoms with van der Waals surface area (Å²) in [5, 5.41) is 0. The van der Waals surface area contributed by atoms with E-state index < -0.39 is 0 Å². The Bertz CT molecular complexity index is 925. The van der Waals surface area contributed by atoms with E-state index in [1.165, 1.54) is 11.6 Å². The lowest BCUT2D eigenvalue weighted by atomic mass is 9.68. The normalized spacial score (nSPS) is 34.3. The third-order valence-corrected chi connectivity index (χ3v) is 7.17. The van der Waals surface area contributed by atoms with Crippen molar-refractivity contribution in [1.82, 2.24) is 0 Å². The molecule has 1 aromatic carbocycles. The largest absolute Gasteiger partial charge is 0.491 e. The SMILES string of the molecule is CO[C@H]1C(C2(C)OC2CC=C(C)C)[C@]2(CC[C@H]1OC(=O)/C=C/c1ccc(OC(C)C)cc1)CO2. The summed E-state index contributed by atoms with van der Waals surface area (Å²) in [6.07, 6.45) is 7.51. The van der Waals surface area contributed by atoms with Gasteiger partial charge in [-0.2, -0.15) is 0 Å². The summed E-state index contributed by atoms with van der Waals surface area (Å²) >= 11 is 0. The third kappa shape index (κ3) is 5.40. The van der Waals surface area contributed by atoms with Crippen molar-refractivity contribution >= 4 is 12.0 Å². The van der Waals surface area contributed by atoms with Gasteiger partial charge in [-0.3, -0.25) is 0 Å². The first-order chi connectivity index (χ1) is 16.2. The van der Waals surface area contributed by atoms with Gasteiger partial charge < -0.3 is 23.7 Å². The molecule has 1 spiro atoms. The smallest absolute Gasteiger partial charge is 0.331 e. The van der Waals surface area contributed by atoms with Crippen molar-refractivity contribution in [2.75, 3.05) is 13.7 Å². The highest BCUT2D eigenvalue weighted by Gasteiger charge is 2.72. The molecule has 6 atom stereocenters. The number of methoxy groups -OCH3 is 1. The Morgan fingerprint density at radius 2 is 1.94 bits per heavy atom. The van der Waals surface area contributed by atoms with Crippen LogP contribution in [0.2, 0.25) is 0 Å². The van der Waals surface area contributed by atoms with Gasteiger partial charge in [0.05, 0.1) is 24.7 Å². The monoisotopic (exact) mass is 470 g/mol. The van der Waals surface area contributed by atoms with Gasteiger partial charge in [-0.05, 0) is 77.7 Å². The van der Waals surface area contributed by atoms with Crippen LogP contribution in [0.1, 0.15) is 59.4 Å². The topological polar surface area (TPSA) is 69.8 Å². The number of carbonyl (C=O) groups is 1. The van der Waals surface area contributed by atoms with Crippen molar-refractivity contribution in [3.05, 3.63) is 47.6 Å². The first-order valence-corrected chi connectivity index (χ1v) is 12.3. The maximum absolute atomic E-state index is 12.7. The number of carbonyl (C=O) groups excluding carboxylic acids is 1. The Morgan fingerprint density at radius 1 is 1.24 bits per heavy atom. The number of epoxide rings is 2. The maximum atomic E-state index is 12.7. The minimum atomic E-state index is -0.371. The van der Waals surface area contributed by atoms with Crippen LogP contribution < -0.4 is 4.74 Å². The van der Waals surface area contributed by atoms with Crippen LogP contribution in [0.15, 0.2) is 42.0 Å². The van der Waals surface area contributed by atoms with Crippen molar-refractivity contribution in [1.29, 1.82) is 0 Å². The number of hydrogen-bond donors (Lipinski definition) is 0. The molecule has 3 aliphatic rings. The van der Waals surface area contributed by atoms with Gasteiger partial charge in [-0.15, -0.1) is 0 Å². The third-order valence-electron chi connectivity index (χ3n) is 7.17. The quantitative estimate of drug-likeness (QED) is 0.216. The van der Waals surface area contributed by atoms with Gasteiger partial charge in [0, 0.05) is 13.2 Å². The molecule has 1 aliphatic carbocycles. The van der Waals surface area contributed by atoms with E-state index in [0.29, 0.717) is 13.0 Å². The average molecular weight is 471 g/mol. The second-order valence-electron chi connectivity index (χ2n) is 10.4. The number of rotatable bonds is 9. The lowest BCUT2D eigenvalue weighted by Gasteiger charge is -2.42. The van der Waals surface area contributed by atoms with Crippen molar-refractivity contribution in [3.63, 3.8) is 0 Å². The van der Waals surface area contributed by atoms with Crippen molar-refractivity contribution in [2.45, 2.75) is 89.5 Å². The molecule has 34 heavy (non-hydrogen) atoms. The molecule has 2 heterocycles. The van der Waals surface area contributed by atoms with Crippen LogP contribution in [0.4, 0.5) is 0 Å². The zero-order valence-electron chi connectivity index (χ0n) is 21.2. The molecule has 1 saturated carbocycles. The molecule has 0 amide bonds. The zero-order chi connectivity index (χ0) is 24.5. The Morgan fingerprint density at radius 3 is 2.53 bits per heavy atom. The molecule has 3 unspecified atom stereocenters. The highest BCUT2D eigenvalue weighted by molar-refractivity contribution is 5.87. The average Bonchev–Trinajstić information content (AvgIpc) is 3.70. The summed E-state index contributed by atoms with van der Waals surface area (Å²) in [7, 11) is 1.69. The van der Waals surface area contributed by atoms with Crippen LogP contribution >= 0.6 is 0 Å². The van der Waals surface area contributed by atoms with Gasteiger partial charge in [-0.1, -0.05) is 23.8 Å². The lowest BCUT2D eigenvalue weighted by Crippen LogP contribution is -2.55. The first-order valence-electron chi connectivity index (χ1n) is 12.3. The van der Waals surface area contributed by atoms with E-state index in [4.69, 9.17) is 23.7 Å². The Kier molecular flexibility index (Phi) is 7.22. The minimum absolute atomic E-state index is 0.0181. The van der Waals surface area contributed by atoms with Crippen molar-refractivity contribution in [2.24, 2.45) is 5.92 Å². The Balaban J connectivity index is 1.40. The molecule has 0 bridgehead atoms. The molecule has 4 rings (SSSR count). The van der Waals surface area contributed by atoms with E-state index in [2.05, 4.69) is 26.8 Å². The first kappa shape index (κ1) is 25.0. The molecule has 1 aromatic rings. The zero-order valence-corrected chi connectivity index (χ0v) is 21.2. The van der Waals surface area contributed by atoms with Crippen LogP contribution in [-0.2, 0) is 23.7 Å². The van der Waals surface area contributed by atoms with E-state index >= 15 is 0 Å². The molecule has 0 N–H and O–H groups in total. The second kappa shape index (κ2) is 9.84. The molecule has 6 nitrogen and oxygen atoms in total. The molecule has 3 fully saturated rings. The molecular formula is C28H38O6. The van der Waals surface area contributed by atoms with Crippen LogP contribution in [0.3, 0.4) is 0 Å². The highest BCUT2D eigenvalue weighted by Crippen LogP contribution is 2.59. The Labute approximate surface area is 203 Å². The van der Waals surface area contributed by atoms with E-state index in [0.717, 1.165) is 24.2 Å². The molecule has 0 aromatic heterocycles. The molecule has 2 aliphatic heterocycles. The lowest BCUT2D eigenvalue weighted by molar-refractivity contribution is -0.166. The van der Waals surface area contributed by atoms with Gasteiger partial charge in [0.2, 0.25) is 0 Å². The molecule has 6 heteroatoms. The van der Waals surface area contributed by atoms with Gasteiger partial charge in [-0.25, -0.2) is 4.79 Å². The maximum Gasteiger partial charge on any atom is 0.331 e. The molecule has 186 valence electrons. The van der Waals surface area contributed by atoms with Gasteiger partial charge in [0.1, 0.15) is 29.2 Å². The molecule has 2 saturated heterocycles. The van der Waals surface area contributed by atoms with Gasteiger partial charge >= 0.3 is 5.97 Å². The summed E-state index contributed by atoms with van der Waals surface area (Å²) in [5.41, 5.74) is 1.62. The summed E-state index contributed by atoms with van der Waals surface area (Å²) in [6, 6.07) is 7.63. The Hall–Kier alpha value is -2.15. The number of esters is 1. The molecule has 0 radical (unpaired) electrons. The van der Waals surface area contributed by atoms with Crippen LogP contribution in [-0.4, -0.2) is 55.3 Å². The number of ether oxygens (including phenoxy) is 5. The second-order valence-corrected chi connectivity index (χ2v) is 10.4. The summed E-state index contributed by atoms with van der Waals surface area (Å²) in [6.45, 7) is 11.0. The highest BCUT2D eigenvalue weighted by atomic mass is 16.6. The summed E-state index contributed by atoms with van der Waals surface area (Å²) in [4.78, 5) is 12.7. The number of benzene rings is 1. The van der Waals surface area contributed by atoms with E-state index in [1.807, 2.05) is 38.1 Å². The van der Waals surface area contributed by atoms with Gasteiger partial charge in [0.15, 0.2) is 0 Å².